The van der Waals surface area contributed by atoms with E-state index in [1.165, 1.54) is 46.5 Å². The van der Waals surface area contributed by atoms with Crippen LogP contribution in [0.4, 0.5) is 13.5 Å². The molecule has 0 unspecified atom stereocenters. The van der Waals surface area contributed by atoms with Crippen LogP contribution in [0.3, 0.4) is 0 Å². The summed E-state index contributed by atoms with van der Waals surface area (Å²) < 4.78 is 92.3. The molecule has 0 aromatic heterocycles. The Morgan fingerprint density at radius 1 is 0.400 bits per heavy atom. The molecule has 0 fully saturated rings. The van der Waals surface area contributed by atoms with E-state index in [4.69, 9.17) is 13.9 Å². The van der Waals surface area contributed by atoms with Crippen molar-refractivity contribution in [1.29, 1.82) is 0 Å². The molecule has 0 radical (unpaired) electrons. The molecule has 0 aliphatic carbocycles. The Hall–Kier alpha value is -5.24. The van der Waals surface area contributed by atoms with Gasteiger partial charge in [-0.2, -0.15) is 0 Å². The van der Waals surface area contributed by atoms with E-state index in [1.54, 1.807) is 55.6 Å². The van der Waals surface area contributed by atoms with E-state index in [9.17, 15) is 25.6 Å². The first-order chi connectivity index (χ1) is 33.9. The molecule has 0 aliphatic rings. The molecule has 8 rings (SSSR count). The van der Waals surface area contributed by atoms with Crippen LogP contribution < -0.4 is 13.9 Å². The van der Waals surface area contributed by atoms with E-state index in [2.05, 4.69) is 127 Å². The molecule has 398 valence electrons. The number of aryl methyl sites for hydroxylation is 2. The van der Waals surface area contributed by atoms with Gasteiger partial charge in [0.15, 0.2) is 0 Å². The van der Waals surface area contributed by atoms with Crippen molar-refractivity contribution in [2.24, 2.45) is 0 Å². The predicted octanol–water partition coefficient (Wildman–Crippen LogP) is 15.8. The smallest absolute Gasteiger partial charge is 0.242 e. The van der Waals surface area contributed by atoms with Crippen LogP contribution in [-0.2, 0) is 30.5 Å². The normalized spacial score (nSPS) is 11.4. The van der Waals surface area contributed by atoms with Gasteiger partial charge < -0.3 is 23.8 Å². The van der Waals surface area contributed by atoms with Crippen molar-refractivity contribution in [3.63, 3.8) is 0 Å². The quantitative estimate of drug-likeness (QED) is 0.0645. The van der Waals surface area contributed by atoms with Crippen molar-refractivity contribution >= 4 is 37.9 Å². The average molecular weight is 1120 g/mol. The minimum atomic E-state index is -3.71. The van der Waals surface area contributed by atoms with Gasteiger partial charge in [-0.25, -0.2) is 25.6 Å². The van der Waals surface area contributed by atoms with Crippen LogP contribution >= 0.6 is 9.90 Å². The van der Waals surface area contributed by atoms with E-state index < -0.39 is 39.6 Å². The van der Waals surface area contributed by atoms with Gasteiger partial charge in [0.05, 0.1) is 26.7 Å². The summed E-state index contributed by atoms with van der Waals surface area (Å²) in [5, 5.41) is 0. The second-order valence-corrected chi connectivity index (χ2v) is 27.7. The standard InChI is InChI=1S/C29H28O4S.C19H26OSi.C12H8F2O2S.Ar.FH.H2P/c1-21-5-17-27(18-6-21)34(30,31)28-19-15-26(16-20-28)33-25-13-9-23(10-14-25)29(2,3)22-7-11-24(32-4)12-8-22;1-15-7-9-16(10-8-15)19(2,3)17-11-13-18(14-12-17)20-21(4,5)6;13-9-1-5-11(6-2-9)17(15,16)12-7-3-10(14)4-8-12;;;/h5-20H,1-4H3;7-14H,1-6H3;1-8H;;1H;1H2/q;;;;;-1. The Kier molecular flexibility index (Phi) is 23.2. The van der Waals surface area contributed by atoms with E-state index >= 15 is 0 Å². The molecule has 0 heterocycles. The summed E-state index contributed by atoms with van der Waals surface area (Å²) in [4.78, 5) is 0.471. The molecule has 15 heteroatoms. The zero-order valence-corrected chi connectivity index (χ0v) is 48.2. The zero-order chi connectivity index (χ0) is 52.5. The molecular weight excluding hydrogens is 1050 g/mol. The van der Waals surface area contributed by atoms with E-state index in [0.717, 1.165) is 46.9 Å². The first kappa shape index (κ1) is 64.0. The van der Waals surface area contributed by atoms with Crippen LogP contribution in [0.5, 0.6) is 23.0 Å². The van der Waals surface area contributed by atoms with Crippen molar-refractivity contribution < 1.29 is 82.0 Å². The summed E-state index contributed by atoms with van der Waals surface area (Å²) in [5.74, 6) is 2.05. The van der Waals surface area contributed by atoms with Gasteiger partial charge in [0.2, 0.25) is 28.0 Å². The van der Waals surface area contributed by atoms with Gasteiger partial charge in [0.25, 0.3) is 0 Å². The minimum Gasteiger partial charge on any atom is -0.577 e. The molecule has 7 nitrogen and oxygen atoms in total. The van der Waals surface area contributed by atoms with Gasteiger partial charge in [-0.3, -0.25) is 4.70 Å². The third kappa shape index (κ3) is 17.1. The summed E-state index contributed by atoms with van der Waals surface area (Å²) in [5.41, 5.74) is 7.13. The molecule has 75 heavy (non-hydrogen) atoms. The first-order valence-electron chi connectivity index (χ1n) is 23.4. The van der Waals surface area contributed by atoms with Gasteiger partial charge in [0.1, 0.15) is 34.6 Å². The van der Waals surface area contributed by atoms with Crippen molar-refractivity contribution in [2.45, 2.75) is 91.6 Å². The summed E-state index contributed by atoms with van der Waals surface area (Å²) in [6, 6.07) is 55.8. The molecule has 8 aromatic rings. The van der Waals surface area contributed by atoms with Gasteiger partial charge in [-0.05, 0) is 177 Å². The molecule has 0 N–H and O–H groups in total. The predicted molar refractivity (Wildman–Crippen MR) is 299 cm³/mol. The fourth-order valence-electron chi connectivity index (χ4n) is 7.58. The fraction of sp³-hybridized carbons (Fsp3) is 0.200. The van der Waals surface area contributed by atoms with E-state index in [1.807, 2.05) is 31.2 Å². The van der Waals surface area contributed by atoms with Gasteiger partial charge in [0, 0.05) is 48.6 Å². The van der Waals surface area contributed by atoms with Crippen LogP contribution in [0.15, 0.2) is 214 Å². The number of hydrogen-bond acceptors (Lipinski definition) is 7. The Labute approximate surface area is 476 Å². The SMILES string of the molecule is COc1ccc(C(C)(C)c2ccc(Oc3ccc(S(=O)(=O)c4ccc(C)cc4)cc3)cc2)cc1.Cc1ccc(C(C)(C)c2ccc(O[Si](C)(C)C)cc2)cc1.F.O=S(=O)(c1ccc(F)cc1)c1ccc(F)cc1.[Ar].[PH2-]. The molecule has 0 amide bonds. The Morgan fingerprint density at radius 3 is 0.947 bits per heavy atom. The summed E-state index contributed by atoms with van der Waals surface area (Å²) >= 11 is 0. The molecule has 0 atom stereocenters. The Balaban J connectivity index is 0.000000312. The maximum Gasteiger partial charge on any atom is 0.242 e. The number of hydrogen-bond donors (Lipinski definition) is 0. The van der Waals surface area contributed by atoms with Crippen LogP contribution in [0.1, 0.15) is 61.1 Å². The van der Waals surface area contributed by atoms with Gasteiger partial charge >= 0.3 is 0 Å². The largest absolute Gasteiger partial charge is 0.577 e. The number of ether oxygens (including phenoxy) is 2. The Morgan fingerprint density at radius 2 is 0.640 bits per heavy atom. The molecule has 8 aromatic carbocycles. The second kappa shape index (κ2) is 27.2. The zero-order valence-electron chi connectivity index (χ0n) is 43.7. The third-order valence-corrected chi connectivity index (χ3v) is 16.5. The fourth-order valence-corrected chi connectivity index (χ4v) is 10.9. The van der Waals surface area contributed by atoms with E-state index in [0.29, 0.717) is 11.5 Å². The third-order valence-electron chi connectivity index (χ3n) is 12.1. The number of methoxy groups -OCH3 is 1. The minimum absolute atomic E-state index is 0. The van der Waals surface area contributed by atoms with Crippen LogP contribution in [0.25, 0.3) is 0 Å². The number of halogens is 3. The van der Waals surface area contributed by atoms with E-state index in [-0.39, 0.29) is 82.8 Å². The average Bonchev–Trinajstić information content (AvgIpc) is 3.35. The van der Waals surface area contributed by atoms with Crippen molar-refractivity contribution in [3.05, 3.63) is 239 Å². The number of benzene rings is 8. The molecule has 0 saturated carbocycles. The molecule has 0 spiro atoms. The molecule has 0 bridgehead atoms. The maximum atomic E-state index is 12.9. The molecular formula is C60H65ArF3O7PS2Si-. The monoisotopic (exact) mass is 1120 g/mol. The summed E-state index contributed by atoms with van der Waals surface area (Å²) in [7, 11) is -7.14. The van der Waals surface area contributed by atoms with Gasteiger partial charge in [-0.1, -0.05) is 112 Å². The van der Waals surface area contributed by atoms with Crippen molar-refractivity contribution in [1.82, 2.24) is 0 Å². The molecule has 0 saturated heterocycles. The molecule has 0 aliphatic heterocycles. The van der Waals surface area contributed by atoms with Crippen LogP contribution in [0.2, 0.25) is 19.6 Å². The first-order valence-corrected chi connectivity index (χ1v) is 29.7. The summed E-state index contributed by atoms with van der Waals surface area (Å²) in [6.45, 7) is 19.6. The number of sulfone groups is 2. The number of rotatable bonds is 13. The maximum absolute atomic E-state index is 12.9. The topological polar surface area (TPSA) is 96.0 Å². The van der Waals surface area contributed by atoms with Crippen LogP contribution in [-0.4, -0.2) is 32.3 Å². The van der Waals surface area contributed by atoms with Gasteiger partial charge in [-0.15, -0.1) is 0 Å². The van der Waals surface area contributed by atoms with Crippen molar-refractivity contribution in [2.75, 3.05) is 7.11 Å². The second-order valence-electron chi connectivity index (χ2n) is 19.4. The Bertz CT molecular complexity index is 3210. The summed E-state index contributed by atoms with van der Waals surface area (Å²) in [6.07, 6.45) is 0. The van der Waals surface area contributed by atoms with Crippen molar-refractivity contribution in [3.8, 4) is 23.0 Å². The van der Waals surface area contributed by atoms with Crippen LogP contribution in [0, 0.1) is 63.2 Å².